The van der Waals surface area contributed by atoms with E-state index in [0.29, 0.717) is 6.42 Å². The Kier molecular flexibility index (Phi) is 3.36. The Balaban J connectivity index is 2.39. The first kappa shape index (κ1) is 10.1. The normalized spacial score (nSPS) is 13.6. The Morgan fingerprint density at radius 1 is 1.62 bits per heavy atom. The van der Waals surface area contributed by atoms with Gasteiger partial charge in [-0.3, -0.25) is 4.68 Å². The first-order chi connectivity index (χ1) is 6.11. The van der Waals surface area contributed by atoms with Gasteiger partial charge in [-0.1, -0.05) is 0 Å². The van der Waals surface area contributed by atoms with Crippen molar-refractivity contribution in [1.82, 2.24) is 9.78 Å². The molecule has 3 nitrogen and oxygen atoms in total. The number of hydrogen-bond acceptors (Lipinski definition) is 2. The summed E-state index contributed by atoms with van der Waals surface area (Å²) in [5, 5.41) is 12.7. The van der Waals surface area contributed by atoms with Crippen LogP contribution in [0.15, 0.2) is 12.3 Å². The van der Waals surface area contributed by atoms with Crippen LogP contribution in [0.4, 0.5) is 8.78 Å². The summed E-state index contributed by atoms with van der Waals surface area (Å²) in [4.78, 5) is 0. The number of rotatable bonds is 4. The second kappa shape index (κ2) is 4.32. The second-order valence-corrected chi connectivity index (χ2v) is 2.89. The van der Waals surface area contributed by atoms with Gasteiger partial charge < -0.3 is 5.11 Å². The molecule has 1 heterocycles. The van der Waals surface area contributed by atoms with Gasteiger partial charge in [0.15, 0.2) is 0 Å². The molecule has 0 aromatic carbocycles. The highest BCUT2D eigenvalue weighted by Gasteiger charge is 2.16. The van der Waals surface area contributed by atoms with Crippen molar-refractivity contribution in [2.24, 2.45) is 7.05 Å². The lowest BCUT2D eigenvalue weighted by Crippen LogP contribution is -2.18. The van der Waals surface area contributed by atoms with Gasteiger partial charge in [-0.25, -0.2) is 8.78 Å². The second-order valence-electron chi connectivity index (χ2n) is 2.89. The molecule has 5 heteroatoms. The third-order valence-electron chi connectivity index (χ3n) is 1.91. The maximum atomic E-state index is 11.9. The van der Waals surface area contributed by atoms with Gasteiger partial charge in [0.25, 0.3) is 6.43 Å². The molecule has 1 unspecified atom stereocenters. The van der Waals surface area contributed by atoms with Crippen molar-refractivity contribution in [3.63, 3.8) is 0 Å². The molecule has 0 amide bonds. The summed E-state index contributed by atoms with van der Waals surface area (Å²) in [5.74, 6) is 0. The zero-order valence-electron chi connectivity index (χ0n) is 7.32. The number of aliphatic hydroxyl groups excluding tert-OH is 1. The van der Waals surface area contributed by atoms with E-state index in [-0.39, 0.29) is 6.42 Å². The molecule has 1 aromatic heterocycles. The Morgan fingerprint density at radius 3 is 2.77 bits per heavy atom. The predicted octanol–water partition coefficient (Wildman–Crippen LogP) is 0.979. The van der Waals surface area contributed by atoms with E-state index in [1.54, 1.807) is 24.0 Å². The maximum absolute atomic E-state index is 11.9. The molecule has 1 N–H and O–H groups in total. The highest BCUT2D eigenvalue weighted by molar-refractivity contribution is 5.00. The van der Waals surface area contributed by atoms with Crippen LogP contribution in [-0.2, 0) is 13.5 Å². The van der Waals surface area contributed by atoms with Gasteiger partial charge in [-0.15, -0.1) is 0 Å². The van der Waals surface area contributed by atoms with E-state index in [2.05, 4.69) is 5.10 Å². The van der Waals surface area contributed by atoms with Crippen LogP contribution in [0.2, 0.25) is 0 Å². The predicted molar refractivity (Wildman–Crippen MR) is 43.5 cm³/mol. The lowest BCUT2D eigenvalue weighted by atomic mass is 10.1. The summed E-state index contributed by atoms with van der Waals surface area (Å²) >= 11 is 0. The van der Waals surface area contributed by atoms with Gasteiger partial charge in [0.2, 0.25) is 0 Å². The molecule has 0 fully saturated rings. The van der Waals surface area contributed by atoms with Gasteiger partial charge in [-0.2, -0.15) is 5.10 Å². The van der Waals surface area contributed by atoms with Crippen LogP contribution in [0.5, 0.6) is 0 Å². The van der Waals surface area contributed by atoms with E-state index in [1.165, 1.54) is 0 Å². The number of alkyl halides is 2. The smallest absolute Gasteiger partial charge is 0.264 e. The number of nitrogens with zero attached hydrogens (tertiary/aromatic N) is 2. The molecular formula is C8H12F2N2O. The lowest BCUT2D eigenvalue weighted by Gasteiger charge is -2.08. The molecule has 0 saturated carbocycles. The van der Waals surface area contributed by atoms with Crippen LogP contribution in [0.25, 0.3) is 0 Å². The van der Waals surface area contributed by atoms with Gasteiger partial charge >= 0.3 is 0 Å². The summed E-state index contributed by atoms with van der Waals surface area (Å²) in [6.45, 7) is 0. The third-order valence-corrected chi connectivity index (χ3v) is 1.91. The molecule has 74 valence electrons. The van der Waals surface area contributed by atoms with Gasteiger partial charge in [0.1, 0.15) is 6.10 Å². The minimum Gasteiger partial charge on any atom is -0.387 e. The zero-order chi connectivity index (χ0) is 9.84. The molecule has 1 atom stereocenters. The van der Waals surface area contributed by atoms with E-state index in [4.69, 9.17) is 5.11 Å². The van der Waals surface area contributed by atoms with Crippen molar-refractivity contribution in [2.45, 2.75) is 25.4 Å². The van der Waals surface area contributed by atoms with Crippen molar-refractivity contribution in [1.29, 1.82) is 0 Å². The number of aromatic nitrogens is 2. The number of aliphatic hydroxyl groups is 1. The average molecular weight is 190 g/mol. The lowest BCUT2D eigenvalue weighted by molar-refractivity contribution is -0.00871. The molecular weight excluding hydrogens is 178 g/mol. The molecule has 0 aliphatic carbocycles. The summed E-state index contributed by atoms with van der Waals surface area (Å²) in [5.41, 5.74) is 0.847. The summed E-state index contributed by atoms with van der Waals surface area (Å²) in [6.07, 6.45) is -2.10. The van der Waals surface area contributed by atoms with E-state index in [1.807, 2.05) is 0 Å². The Hall–Kier alpha value is -0.970. The molecule has 0 spiro atoms. The molecule has 0 saturated heterocycles. The standard InChI is InChI=1S/C8H12F2N2O/c1-12-6(4-5-11-12)2-3-7(13)8(9)10/h4-5,7-8,13H,2-3H2,1H3. The summed E-state index contributed by atoms with van der Waals surface area (Å²) < 4.78 is 25.4. The van der Waals surface area contributed by atoms with Gasteiger partial charge in [0.05, 0.1) is 0 Å². The largest absolute Gasteiger partial charge is 0.387 e. The Bertz CT molecular complexity index is 262. The van der Waals surface area contributed by atoms with Crippen molar-refractivity contribution >= 4 is 0 Å². The molecule has 1 rings (SSSR count). The van der Waals surface area contributed by atoms with Gasteiger partial charge in [-0.05, 0) is 18.9 Å². The number of hydrogen-bond donors (Lipinski definition) is 1. The maximum Gasteiger partial charge on any atom is 0.264 e. The molecule has 0 aliphatic rings. The molecule has 0 radical (unpaired) electrons. The number of aryl methyl sites for hydroxylation is 2. The van der Waals surface area contributed by atoms with Crippen LogP contribution >= 0.6 is 0 Å². The minimum absolute atomic E-state index is 0.0667. The monoisotopic (exact) mass is 190 g/mol. The highest BCUT2D eigenvalue weighted by atomic mass is 19.3. The van der Waals surface area contributed by atoms with Gasteiger partial charge in [0, 0.05) is 18.9 Å². The fraction of sp³-hybridized carbons (Fsp3) is 0.625. The quantitative estimate of drug-likeness (QED) is 0.768. The fourth-order valence-corrected chi connectivity index (χ4v) is 1.07. The van der Waals surface area contributed by atoms with Crippen molar-refractivity contribution in [3.8, 4) is 0 Å². The Labute approximate surface area is 75.0 Å². The van der Waals surface area contributed by atoms with Crippen LogP contribution in [0.1, 0.15) is 12.1 Å². The van der Waals surface area contributed by atoms with E-state index >= 15 is 0 Å². The summed E-state index contributed by atoms with van der Waals surface area (Å²) in [7, 11) is 1.74. The zero-order valence-corrected chi connectivity index (χ0v) is 7.32. The first-order valence-corrected chi connectivity index (χ1v) is 4.04. The Morgan fingerprint density at radius 2 is 2.31 bits per heavy atom. The molecule has 0 bridgehead atoms. The van der Waals surface area contributed by atoms with E-state index in [0.717, 1.165) is 5.69 Å². The molecule has 0 aliphatic heterocycles. The van der Waals surface area contributed by atoms with Crippen LogP contribution < -0.4 is 0 Å². The average Bonchev–Trinajstić information content (AvgIpc) is 2.47. The van der Waals surface area contributed by atoms with Crippen molar-refractivity contribution in [3.05, 3.63) is 18.0 Å². The van der Waals surface area contributed by atoms with Crippen LogP contribution in [0, 0.1) is 0 Å². The fourth-order valence-electron chi connectivity index (χ4n) is 1.07. The topological polar surface area (TPSA) is 38.0 Å². The van der Waals surface area contributed by atoms with Crippen LogP contribution in [-0.4, -0.2) is 27.4 Å². The van der Waals surface area contributed by atoms with E-state index in [9.17, 15) is 8.78 Å². The van der Waals surface area contributed by atoms with Crippen LogP contribution in [0.3, 0.4) is 0 Å². The summed E-state index contributed by atoms with van der Waals surface area (Å²) in [6, 6.07) is 1.75. The molecule has 1 aromatic rings. The first-order valence-electron chi connectivity index (χ1n) is 4.04. The van der Waals surface area contributed by atoms with Crippen molar-refractivity contribution in [2.75, 3.05) is 0 Å². The third kappa shape index (κ3) is 2.77. The SMILES string of the molecule is Cn1nccc1CCC(O)C(F)F. The number of halogens is 2. The van der Waals surface area contributed by atoms with E-state index < -0.39 is 12.5 Å². The highest BCUT2D eigenvalue weighted by Crippen LogP contribution is 2.09. The van der Waals surface area contributed by atoms with Crippen molar-refractivity contribution < 1.29 is 13.9 Å². The molecule has 13 heavy (non-hydrogen) atoms. The minimum atomic E-state index is -2.66.